The highest BCUT2D eigenvalue weighted by Gasteiger charge is 2.31. The molecule has 2 N–H and O–H groups in total. The number of nitrogens with one attached hydrogen (secondary N) is 2. The summed E-state index contributed by atoms with van der Waals surface area (Å²) in [6.07, 6.45) is 0.0963. The van der Waals surface area contributed by atoms with Crippen LogP contribution in [-0.4, -0.2) is 22.0 Å². The van der Waals surface area contributed by atoms with E-state index in [2.05, 4.69) is 20.8 Å². The molecular formula is C18H13ClN4O2S. The molecule has 3 aromatic rings. The van der Waals surface area contributed by atoms with E-state index in [1.807, 2.05) is 36.4 Å². The highest BCUT2D eigenvalue weighted by atomic mass is 35.5. The van der Waals surface area contributed by atoms with Crippen molar-refractivity contribution >= 4 is 45.6 Å². The molecule has 8 heteroatoms. The van der Waals surface area contributed by atoms with Crippen LogP contribution in [0, 0.1) is 0 Å². The Balaban J connectivity index is 1.56. The first-order chi connectivity index (χ1) is 12.6. The molecule has 0 fully saturated rings. The van der Waals surface area contributed by atoms with Crippen LogP contribution in [0.2, 0.25) is 5.02 Å². The molecule has 0 spiro atoms. The second-order valence-corrected chi connectivity index (χ2v) is 7.16. The summed E-state index contributed by atoms with van der Waals surface area (Å²) in [7, 11) is 0. The van der Waals surface area contributed by atoms with Gasteiger partial charge in [-0.2, -0.15) is 0 Å². The van der Waals surface area contributed by atoms with Gasteiger partial charge in [-0.1, -0.05) is 59.3 Å². The summed E-state index contributed by atoms with van der Waals surface area (Å²) in [6.45, 7) is 0. The predicted molar refractivity (Wildman–Crippen MR) is 101 cm³/mol. The summed E-state index contributed by atoms with van der Waals surface area (Å²) in [6, 6.07) is 14.6. The zero-order valence-electron chi connectivity index (χ0n) is 13.4. The lowest BCUT2D eigenvalue weighted by Gasteiger charge is -2.24. The lowest BCUT2D eigenvalue weighted by molar-refractivity contribution is -0.123. The van der Waals surface area contributed by atoms with E-state index < -0.39 is 5.92 Å². The number of carbonyl (C=O) groups is 2. The number of nitrogens with zero attached hydrogens (tertiary/aromatic N) is 2. The van der Waals surface area contributed by atoms with E-state index in [0.717, 1.165) is 11.1 Å². The van der Waals surface area contributed by atoms with Crippen LogP contribution in [0.15, 0.2) is 48.5 Å². The van der Waals surface area contributed by atoms with Gasteiger partial charge in [0.1, 0.15) is 0 Å². The monoisotopic (exact) mass is 384 g/mol. The van der Waals surface area contributed by atoms with Gasteiger partial charge in [0.05, 0.1) is 10.9 Å². The summed E-state index contributed by atoms with van der Waals surface area (Å²) in [5.41, 5.74) is 2.22. The van der Waals surface area contributed by atoms with Crippen molar-refractivity contribution in [1.82, 2.24) is 10.2 Å². The predicted octanol–water partition coefficient (Wildman–Crippen LogP) is 3.92. The standard InChI is InChI=1S/C18H13ClN4O2S/c19-13-7-3-1-6-11(13)17-22-23-18(26-17)21-16(25)12-9-15(24)20-14-8-4-2-5-10(12)14/h1-8,12H,9H2,(H,20,24)(H,21,23,25). The number of aromatic nitrogens is 2. The van der Waals surface area contributed by atoms with Gasteiger partial charge in [-0.3, -0.25) is 14.9 Å². The smallest absolute Gasteiger partial charge is 0.234 e. The summed E-state index contributed by atoms with van der Waals surface area (Å²) >= 11 is 7.41. The molecule has 2 amide bonds. The normalized spacial score (nSPS) is 15.9. The van der Waals surface area contributed by atoms with E-state index in [1.165, 1.54) is 11.3 Å². The van der Waals surface area contributed by atoms with Crippen molar-refractivity contribution in [3.8, 4) is 10.6 Å². The second kappa shape index (κ2) is 6.86. The highest BCUT2D eigenvalue weighted by Crippen LogP contribution is 2.35. The van der Waals surface area contributed by atoms with Gasteiger partial charge in [0.25, 0.3) is 0 Å². The van der Waals surface area contributed by atoms with Crippen molar-refractivity contribution < 1.29 is 9.59 Å². The zero-order valence-corrected chi connectivity index (χ0v) is 15.0. The van der Waals surface area contributed by atoms with Gasteiger partial charge in [0.15, 0.2) is 5.01 Å². The summed E-state index contributed by atoms with van der Waals surface area (Å²) in [5.74, 6) is -1.03. The number of halogens is 1. The first-order valence-electron chi connectivity index (χ1n) is 7.90. The Morgan fingerprint density at radius 2 is 1.92 bits per heavy atom. The number of para-hydroxylation sites is 1. The van der Waals surface area contributed by atoms with Crippen molar-refractivity contribution in [2.75, 3.05) is 10.6 Å². The summed E-state index contributed by atoms with van der Waals surface area (Å²) < 4.78 is 0. The van der Waals surface area contributed by atoms with Crippen LogP contribution in [-0.2, 0) is 9.59 Å². The molecule has 0 saturated heterocycles. The minimum absolute atomic E-state index is 0.0963. The molecule has 2 heterocycles. The molecule has 26 heavy (non-hydrogen) atoms. The van der Waals surface area contributed by atoms with Crippen molar-refractivity contribution in [2.24, 2.45) is 0 Å². The number of hydrogen-bond donors (Lipinski definition) is 2. The number of anilines is 2. The van der Waals surface area contributed by atoms with Crippen LogP contribution >= 0.6 is 22.9 Å². The van der Waals surface area contributed by atoms with E-state index in [9.17, 15) is 9.59 Å². The Labute approximate surface area is 158 Å². The minimum atomic E-state index is -0.562. The fraction of sp³-hybridized carbons (Fsp3) is 0.111. The third-order valence-corrected chi connectivity index (χ3v) is 5.28. The lowest BCUT2D eigenvalue weighted by Crippen LogP contribution is -2.30. The maximum Gasteiger partial charge on any atom is 0.234 e. The molecule has 1 aromatic heterocycles. The Hall–Kier alpha value is -2.77. The van der Waals surface area contributed by atoms with Crippen LogP contribution in [0.25, 0.3) is 10.6 Å². The molecular weight excluding hydrogens is 372 g/mol. The molecule has 2 aromatic carbocycles. The third-order valence-electron chi connectivity index (χ3n) is 4.08. The van der Waals surface area contributed by atoms with E-state index in [4.69, 9.17) is 11.6 Å². The van der Waals surface area contributed by atoms with Crippen LogP contribution in [0.4, 0.5) is 10.8 Å². The molecule has 4 rings (SSSR count). The van der Waals surface area contributed by atoms with Gasteiger partial charge in [0.2, 0.25) is 16.9 Å². The molecule has 130 valence electrons. The Morgan fingerprint density at radius 3 is 2.77 bits per heavy atom. The molecule has 0 saturated carbocycles. The van der Waals surface area contributed by atoms with Crippen LogP contribution in [0.1, 0.15) is 17.9 Å². The Bertz CT molecular complexity index is 1000. The highest BCUT2D eigenvalue weighted by molar-refractivity contribution is 7.18. The summed E-state index contributed by atoms with van der Waals surface area (Å²) in [4.78, 5) is 24.6. The van der Waals surface area contributed by atoms with Crippen molar-refractivity contribution in [2.45, 2.75) is 12.3 Å². The fourth-order valence-electron chi connectivity index (χ4n) is 2.85. The molecule has 1 aliphatic heterocycles. The molecule has 1 unspecified atom stereocenters. The van der Waals surface area contributed by atoms with E-state index >= 15 is 0 Å². The van der Waals surface area contributed by atoms with Crippen molar-refractivity contribution in [3.63, 3.8) is 0 Å². The SMILES string of the molecule is O=C1CC(C(=O)Nc2nnc(-c3ccccc3Cl)s2)c2ccccc2N1. The number of amides is 2. The summed E-state index contributed by atoms with van der Waals surface area (Å²) in [5, 5.41) is 15.2. The number of benzene rings is 2. The van der Waals surface area contributed by atoms with E-state index in [1.54, 1.807) is 12.1 Å². The Kier molecular flexibility index (Phi) is 4.40. The van der Waals surface area contributed by atoms with E-state index in [0.29, 0.717) is 20.8 Å². The van der Waals surface area contributed by atoms with Gasteiger partial charge >= 0.3 is 0 Å². The van der Waals surface area contributed by atoms with Gasteiger partial charge in [-0.05, 0) is 17.7 Å². The first kappa shape index (κ1) is 16.7. The van der Waals surface area contributed by atoms with E-state index in [-0.39, 0.29) is 18.2 Å². The average Bonchev–Trinajstić information content (AvgIpc) is 3.09. The second-order valence-electron chi connectivity index (χ2n) is 5.77. The molecule has 1 aliphatic rings. The Morgan fingerprint density at radius 1 is 1.15 bits per heavy atom. The maximum absolute atomic E-state index is 12.7. The topological polar surface area (TPSA) is 84.0 Å². The average molecular weight is 385 g/mol. The molecule has 0 bridgehead atoms. The minimum Gasteiger partial charge on any atom is -0.326 e. The van der Waals surface area contributed by atoms with Gasteiger partial charge in [0, 0.05) is 17.7 Å². The third kappa shape index (κ3) is 3.18. The molecule has 1 atom stereocenters. The molecule has 6 nitrogen and oxygen atoms in total. The quantitative estimate of drug-likeness (QED) is 0.716. The van der Waals surface area contributed by atoms with Crippen LogP contribution in [0.3, 0.4) is 0 Å². The van der Waals surface area contributed by atoms with Crippen molar-refractivity contribution in [1.29, 1.82) is 0 Å². The lowest BCUT2D eigenvalue weighted by atomic mass is 9.90. The zero-order chi connectivity index (χ0) is 18.1. The largest absolute Gasteiger partial charge is 0.326 e. The number of hydrogen-bond acceptors (Lipinski definition) is 5. The van der Waals surface area contributed by atoms with Crippen molar-refractivity contribution in [3.05, 3.63) is 59.1 Å². The van der Waals surface area contributed by atoms with Gasteiger partial charge < -0.3 is 5.32 Å². The fourth-order valence-corrected chi connectivity index (χ4v) is 3.92. The van der Waals surface area contributed by atoms with Gasteiger partial charge in [-0.25, -0.2) is 0 Å². The molecule has 0 aliphatic carbocycles. The number of rotatable bonds is 3. The maximum atomic E-state index is 12.7. The van der Waals surface area contributed by atoms with Crippen LogP contribution in [0.5, 0.6) is 0 Å². The number of fused-ring (bicyclic) bond motifs is 1. The van der Waals surface area contributed by atoms with Gasteiger partial charge in [-0.15, -0.1) is 10.2 Å². The first-order valence-corrected chi connectivity index (χ1v) is 9.09. The number of carbonyl (C=O) groups excluding carboxylic acids is 2. The van der Waals surface area contributed by atoms with Crippen LogP contribution < -0.4 is 10.6 Å². The molecule has 0 radical (unpaired) electrons.